The second-order valence-electron chi connectivity index (χ2n) is 13.2. The molecule has 12 heteroatoms. The van der Waals surface area contributed by atoms with Crippen molar-refractivity contribution in [2.45, 2.75) is 71.0 Å². The van der Waals surface area contributed by atoms with E-state index in [2.05, 4.69) is 49.3 Å². The van der Waals surface area contributed by atoms with Crippen molar-refractivity contribution in [1.82, 2.24) is 30.2 Å². The number of methoxy groups -OCH3 is 1. The number of hydrazine groups is 1. The standard InChI is InChI=1S/C33H49N9O3/c1-6-27-32(44)38(4)28-20-34-33(37-30(28)42(27)22(2)3)36-26-10-9-24(19-29(26)45-5)31(43)35-25-11-13-40(14-12-25)41-17-15-39(16-18-41)21-23-7-8-23/h9-10,19-20,22-23,25,27H,6-8,11-18,21H2,1-5H3,(H,35,43)(H,34,36,37)/t27-/m1/s1. The van der Waals surface area contributed by atoms with Crippen molar-refractivity contribution in [1.29, 1.82) is 0 Å². The number of nitrogens with one attached hydrogen (secondary N) is 2. The fraction of sp³-hybridized carbons (Fsp3) is 0.636. The van der Waals surface area contributed by atoms with Gasteiger partial charge in [-0.15, -0.1) is 0 Å². The highest BCUT2D eigenvalue weighted by molar-refractivity contribution is 6.04. The molecule has 1 atom stereocenters. The van der Waals surface area contributed by atoms with Crippen molar-refractivity contribution < 1.29 is 14.3 Å². The molecule has 2 N–H and O–H groups in total. The van der Waals surface area contributed by atoms with Gasteiger partial charge in [0.15, 0.2) is 5.82 Å². The zero-order valence-electron chi connectivity index (χ0n) is 27.5. The number of benzene rings is 1. The lowest BCUT2D eigenvalue weighted by Gasteiger charge is -2.44. The van der Waals surface area contributed by atoms with Crippen LogP contribution in [-0.2, 0) is 4.79 Å². The van der Waals surface area contributed by atoms with E-state index in [0.29, 0.717) is 40.9 Å². The number of piperazine rings is 1. The summed E-state index contributed by atoms with van der Waals surface area (Å²) in [5.41, 5.74) is 1.89. The first-order chi connectivity index (χ1) is 21.7. The van der Waals surface area contributed by atoms with Gasteiger partial charge in [0.2, 0.25) is 11.9 Å². The van der Waals surface area contributed by atoms with Gasteiger partial charge >= 0.3 is 0 Å². The second-order valence-corrected chi connectivity index (χ2v) is 13.2. The van der Waals surface area contributed by atoms with Crippen molar-refractivity contribution in [3.05, 3.63) is 30.0 Å². The molecule has 1 aromatic heterocycles. The van der Waals surface area contributed by atoms with Crippen LogP contribution >= 0.6 is 0 Å². The molecule has 2 saturated heterocycles. The van der Waals surface area contributed by atoms with Gasteiger partial charge in [-0.25, -0.2) is 15.0 Å². The number of likely N-dealkylation sites (N-methyl/N-ethyl adjacent to an activating group) is 1. The van der Waals surface area contributed by atoms with Gasteiger partial charge in [0, 0.05) is 70.5 Å². The molecule has 0 bridgehead atoms. The summed E-state index contributed by atoms with van der Waals surface area (Å²) in [4.78, 5) is 41.9. The minimum atomic E-state index is -0.280. The summed E-state index contributed by atoms with van der Waals surface area (Å²) in [6.45, 7) is 13.9. The van der Waals surface area contributed by atoms with Crippen LogP contribution in [0.2, 0.25) is 0 Å². The largest absolute Gasteiger partial charge is 0.495 e. The summed E-state index contributed by atoms with van der Waals surface area (Å²) in [5, 5.41) is 11.5. The number of amides is 2. The van der Waals surface area contributed by atoms with Crippen LogP contribution in [0.15, 0.2) is 24.4 Å². The number of anilines is 4. The van der Waals surface area contributed by atoms with E-state index in [1.807, 2.05) is 13.0 Å². The van der Waals surface area contributed by atoms with Crippen LogP contribution in [0.1, 0.15) is 63.2 Å². The maximum absolute atomic E-state index is 13.3. The van der Waals surface area contributed by atoms with Crippen LogP contribution in [0.5, 0.6) is 5.75 Å². The predicted molar refractivity (Wildman–Crippen MR) is 176 cm³/mol. The number of ether oxygens (including phenoxy) is 1. The number of piperidine rings is 1. The zero-order chi connectivity index (χ0) is 31.7. The van der Waals surface area contributed by atoms with Gasteiger partial charge in [-0.05, 0) is 70.1 Å². The Kier molecular flexibility index (Phi) is 9.44. The molecule has 244 valence electrons. The van der Waals surface area contributed by atoms with Crippen LogP contribution in [0.4, 0.5) is 23.1 Å². The highest BCUT2D eigenvalue weighted by Crippen LogP contribution is 2.37. The van der Waals surface area contributed by atoms with Crippen molar-refractivity contribution in [3.63, 3.8) is 0 Å². The maximum atomic E-state index is 13.3. The fourth-order valence-corrected chi connectivity index (χ4v) is 6.92. The molecule has 2 amide bonds. The molecular weight excluding hydrogens is 570 g/mol. The number of rotatable bonds is 10. The smallest absolute Gasteiger partial charge is 0.251 e. The van der Waals surface area contributed by atoms with Crippen LogP contribution in [0, 0.1) is 5.92 Å². The first kappa shape index (κ1) is 31.5. The molecule has 12 nitrogen and oxygen atoms in total. The second kappa shape index (κ2) is 13.5. The fourth-order valence-electron chi connectivity index (χ4n) is 6.92. The summed E-state index contributed by atoms with van der Waals surface area (Å²) in [5.74, 6) is 2.54. The lowest BCUT2D eigenvalue weighted by molar-refractivity contribution is -0.120. The average molecular weight is 620 g/mol. The average Bonchev–Trinajstić information content (AvgIpc) is 3.87. The molecular formula is C33H49N9O3. The summed E-state index contributed by atoms with van der Waals surface area (Å²) in [6, 6.07) is 5.34. The SMILES string of the molecule is CC[C@@H]1C(=O)N(C)c2cnc(Nc3ccc(C(=O)NC4CCN(N5CCN(CC6CC6)CC5)CC4)cc3OC)nc2N1C(C)C. The highest BCUT2D eigenvalue weighted by Gasteiger charge is 2.38. The van der Waals surface area contributed by atoms with Crippen molar-refractivity contribution in [2.24, 2.45) is 5.92 Å². The van der Waals surface area contributed by atoms with Crippen LogP contribution in [-0.4, -0.2) is 115 Å². The van der Waals surface area contributed by atoms with Crippen molar-refractivity contribution in [3.8, 4) is 5.75 Å². The van der Waals surface area contributed by atoms with Gasteiger partial charge < -0.3 is 30.1 Å². The molecule has 2 aromatic rings. The maximum Gasteiger partial charge on any atom is 0.251 e. The van der Waals surface area contributed by atoms with E-state index in [1.165, 1.54) is 19.4 Å². The molecule has 3 fully saturated rings. The van der Waals surface area contributed by atoms with E-state index in [9.17, 15) is 9.59 Å². The van der Waals surface area contributed by atoms with E-state index in [-0.39, 0.29) is 29.9 Å². The third-order valence-corrected chi connectivity index (χ3v) is 9.73. The van der Waals surface area contributed by atoms with E-state index in [4.69, 9.17) is 9.72 Å². The zero-order valence-corrected chi connectivity index (χ0v) is 27.5. The van der Waals surface area contributed by atoms with Crippen molar-refractivity contribution >= 4 is 35.0 Å². The number of nitrogens with zero attached hydrogens (tertiary/aromatic N) is 7. The number of hydrogen-bond donors (Lipinski definition) is 2. The lowest BCUT2D eigenvalue weighted by Crippen LogP contribution is -2.57. The quantitative estimate of drug-likeness (QED) is 0.411. The summed E-state index contributed by atoms with van der Waals surface area (Å²) >= 11 is 0. The summed E-state index contributed by atoms with van der Waals surface area (Å²) in [7, 11) is 3.36. The van der Waals surface area contributed by atoms with Gasteiger partial charge in [-0.3, -0.25) is 9.59 Å². The molecule has 45 heavy (non-hydrogen) atoms. The molecule has 0 radical (unpaired) electrons. The Balaban J connectivity index is 1.06. The molecule has 4 heterocycles. The normalized spacial score (nSPS) is 22.1. The Morgan fingerprint density at radius 2 is 1.76 bits per heavy atom. The minimum absolute atomic E-state index is 0.0431. The van der Waals surface area contributed by atoms with E-state index >= 15 is 0 Å². The molecule has 0 unspecified atom stereocenters. The summed E-state index contributed by atoms with van der Waals surface area (Å²) < 4.78 is 5.67. The van der Waals surface area contributed by atoms with Crippen LogP contribution < -0.4 is 25.2 Å². The number of fused-ring (bicyclic) bond motifs is 1. The highest BCUT2D eigenvalue weighted by atomic mass is 16.5. The number of carbonyl (C=O) groups excluding carboxylic acids is 2. The lowest BCUT2D eigenvalue weighted by atomic mass is 10.0. The number of hydrogen-bond acceptors (Lipinski definition) is 10. The van der Waals surface area contributed by atoms with E-state index in [0.717, 1.165) is 58.0 Å². The molecule has 1 aromatic carbocycles. The molecule has 0 spiro atoms. The predicted octanol–water partition coefficient (Wildman–Crippen LogP) is 3.34. The van der Waals surface area contributed by atoms with Gasteiger partial charge in [-0.2, -0.15) is 4.98 Å². The Bertz CT molecular complexity index is 1370. The molecule has 3 aliphatic heterocycles. The third-order valence-electron chi connectivity index (χ3n) is 9.73. The van der Waals surface area contributed by atoms with Crippen LogP contribution in [0.25, 0.3) is 0 Å². The van der Waals surface area contributed by atoms with E-state index < -0.39 is 0 Å². The summed E-state index contributed by atoms with van der Waals surface area (Å²) in [6.07, 6.45) is 7.07. The van der Waals surface area contributed by atoms with Crippen LogP contribution in [0.3, 0.4) is 0 Å². The first-order valence-corrected chi connectivity index (χ1v) is 16.7. The third kappa shape index (κ3) is 6.87. The molecule has 6 rings (SSSR count). The van der Waals surface area contributed by atoms with Gasteiger partial charge in [-0.1, -0.05) is 6.92 Å². The van der Waals surface area contributed by atoms with Crippen molar-refractivity contribution in [2.75, 3.05) is 75.1 Å². The Morgan fingerprint density at radius 1 is 1.04 bits per heavy atom. The van der Waals surface area contributed by atoms with Gasteiger partial charge in [0.05, 0.1) is 19.0 Å². The number of carbonyl (C=O) groups is 2. The molecule has 4 aliphatic rings. The molecule has 1 aliphatic carbocycles. The van der Waals surface area contributed by atoms with E-state index in [1.54, 1.807) is 37.4 Å². The van der Waals surface area contributed by atoms with Gasteiger partial charge in [0.25, 0.3) is 5.91 Å². The monoisotopic (exact) mass is 619 g/mol. The Hall–Kier alpha value is -3.48. The minimum Gasteiger partial charge on any atom is -0.495 e. The first-order valence-electron chi connectivity index (χ1n) is 16.7. The topological polar surface area (TPSA) is 109 Å². The van der Waals surface area contributed by atoms with Gasteiger partial charge in [0.1, 0.15) is 17.5 Å². The Morgan fingerprint density at radius 3 is 2.40 bits per heavy atom. The number of aromatic nitrogens is 2. The Labute approximate surface area is 267 Å². The molecule has 1 saturated carbocycles.